The van der Waals surface area contributed by atoms with Gasteiger partial charge >= 0.3 is 0 Å². The third-order valence-electron chi connectivity index (χ3n) is 2.67. The van der Waals surface area contributed by atoms with Crippen molar-refractivity contribution in [3.05, 3.63) is 23.8 Å². The summed E-state index contributed by atoms with van der Waals surface area (Å²) < 4.78 is 10.3. The SMILES string of the molecule is COC(OC)[Si]CCCNc1cc(N)ccc1C. The van der Waals surface area contributed by atoms with Crippen molar-refractivity contribution in [3.63, 3.8) is 0 Å². The van der Waals surface area contributed by atoms with Crippen molar-refractivity contribution in [1.29, 1.82) is 0 Å². The van der Waals surface area contributed by atoms with Gasteiger partial charge in [-0.3, -0.25) is 0 Å². The van der Waals surface area contributed by atoms with Gasteiger partial charge in [-0.25, -0.2) is 0 Å². The van der Waals surface area contributed by atoms with Crippen molar-refractivity contribution in [2.45, 2.75) is 25.3 Å². The number of hydrogen-bond acceptors (Lipinski definition) is 4. The van der Waals surface area contributed by atoms with Crippen LogP contribution in [0.3, 0.4) is 0 Å². The van der Waals surface area contributed by atoms with Gasteiger partial charge in [0.2, 0.25) is 0 Å². The minimum absolute atomic E-state index is 0.0564. The van der Waals surface area contributed by atoms with Crippen molar-refractivity contribution >= 4 is 20.9 Å². The number of nitrogens with one attached hydrogen (secondary N) is 1. The first-order chi connectivity index (χ1) is 8.67. The molecule has 0 unspecified atom stereocenters. The molecule has 0 saturated heterocycles. The van der Waals surface area contributed by atoms with Gasteiger partial charge in [-0.1, -0.05) is 12.1 Å². The lowest BCUT2D eigenvalue weighted by atomic mass is 10.2. The molecule has 0 aliphatic carbocycles. The lowest BCUT2D eigenvalue weighted by Gasteiger charge is -2.13. The summed E-state index contributed by atoms with van der Waals surface area (Å²) in [6, 6.07) is 7.03. The van der Waals surface area contributed by atoms with Gasteiger partial charge in [-0.15, -0.1) is 0 Å². The molecule has 0 saturated carbocycles. The normalized spacial score (nSPS) is 10.9. The van der Waals surface area contributed by atoms with Crippen molar-refractivity contribution in [2.24, 2.45) is 0 Å². The molecule has 0 amide bonds. The number of ether oxygens (including phenoxy) is 2. The summed E-state index contributed by atoms with van der Waals surface area (Å²) in [5.74, 6) is -0.0564. The zero-order valence-corrected chi connectivity index (χ0v) is 12.3. The zero-order valence-electron chi connectivity index (χ0n) is 11.3. The fourth-order valence-corrected chi connectivity index (χ4v) is 2.57. The zero-order chi connectivity index (χ0) is 13.4. The summed E-state index contributed by atoms with van der Waals surface area (Å²) in [6.07, 6.45) is 1.09. The highest BCUT2D eigenvalue weighted by Crippen LogP contribution is 2.17. The second-order valence-corrected chi connectivity index (χ2v) is 5.49. The molecule has 0 fully saturated rings. The van der Waals surface area contributed by atoms with Crippen LogP contribution < -0.4 is 11.1 Å². The molecule has 5 heteroatoms. The van der Waals surface area contributed by atoms with Crippen molar-refractivity contribution in [3.8, 4) is 0 Å². The highest BCUT2D eigenvalue weighted by molar-refractivity contribution is 6.36. The number of anilines is 2. The minimum Gasteiger partial charge on any atom is -0.399 e. The molecule has 3 N–H and O–H groups in total. The summed E-state index contributed by atoms with van der Waals surface area (Å²) in [6.45, 7) is 3.02. The fourth-order valence-electron chi connectivity index (χ4n) is 1.62. The molecular formula is C13H22N2O2Si. The monoisotopic (exact) mass is 266 g/mol. The summed E-state index contributed by atoms with van der Waals surface area (Å²) in [5.41, 5.74) is 8.90. The Morgan fingerprint density at radius 2 is 2.06 bits per heavy atom. The molecule has 0 aliphatic heterocycles. The van der Waals surface area contributed by atoms with E-state index in [0.29, 0.717) is 9.52 Å². The number of methoxy groups -OCH3 is 2. The number of aryl methyl sites for hydroxylation is 1. The average Bonchev–Trinajstić information content (AvgIpc) is 2.38. The molecule has 0 spiro atoms. The minimum atomic E-state index is -0.0564. The van der Waals surface area contributed by atoms with E-state index in [2.05, 4.69) is 12.2 Å². The highest BCUT2D eigenvalue weighted by Gasteiger charge is 2.05. The molecule has 100 valence electrons. The van der Waals surface area contributed by atoms with E-state index in [4.69, 9.17) is 15.2 Å². The van der Waals surface area contributed by atoms with Gasteiger partial charge < -0.3 is 20.5 Å². The standard InChI is InChI=1S/C13H22N2O2Si/c1-10-5-6-11(14)9-12(10)15-7-4-8-18-13(16-2)17-3/h5-6,9,13,15H,4,7-8,14H2,1-3H3. The summed E-state index contributed by atoms with van der Waals surface area (Å²) >= 11 is 0. The smallest absolute Gasteiger partial charge is 0.136 e. The molecule has 0 aromatic heterocycles. The highest BCUT2D eigenvalue weighted by atomic mass is 28.2. The topological polar surface area (TPSA) is 56.5 Å². The van der Waals surface area contributed by atoms with Crippen molar-refractivity contribution < 1.29 is 9.47 Å². The molecule has 0 heterocycles. The van der Waals surface area contributed by atoms with E-state index < -0.39 is 0 Å². The van der Waals surface area contributed by atoms with Crippen LogP contribution in [-0.4, -0.2) is 36.2 Å². The predicted octanol–water partition coefficient (Wildman–Crippen LogP) is 2.08. The summed E-state index contributed by atoms with van der Waals surface area (Å²) in [7, 11) is 4.03. The lowest BCUT2D eigenvalue weighted by Crippen LogP contribution is -2.21. The maximum atomic E-state index is 5.76. The molecular weight excluding hydrogens is 244 g/mol. The van der Waals surface area contributed by atoms with Gasteiger partial charge in [0.15, 0.2) is 0 Å². The van der Waals surface area contributed by atoms with Crippen LogP contribution >= 0.6 is 0 Å². The molecule has 0 aliphatic rings. The molecule has 0 atom stereocenters. The first kappa shape index (κ1) is 15.0. The fraction of sp³-hybridized carbons (Fsp3) is 0.538. The summed E-state index contributed by atoms with van der Waals surface area (Å²) in [4.78, 5) is 0. The van der Waals surface area contributed by atoms with Gasteiger partial charge in [0.05, 0.1) is 0 Å². The Morgan fingerprint density at radius 3 is 2.72 bits per heavy atom. The first-order valence-corrected chi connectivity index (χ1v) is 7.34. The Morgan fingerprint density at radius 1 is 1.33 bits per heavy atom. The van der Waals surface area contributed by atoms with Crippen LogP contribution in [0.1, 0.15) is 12.0 Å². The van der Waals surface area contributed by atoms with Crippen LogP contribution in [0.15, 0.2) is 18.2 Å². The van der Waals surface area contributed by atoms with E-state index in [0.717, 1.165) is 30.4 Å². The lowest BCUT2D eigenvalue weighted by molar-refractivity contribution is -0.0441. The van der Waals surface area contributed by atoms with Crippen LogP contribution in [0.5, 0.6) is 0 Å². The van der Waals surface area contributed by atoms with Crippen LogP contribution in [0.25, 0.3) is 0 Å². The maximum absolute atomic E-state index is 5.76. The average molecular weight is 266 g/mol. The van der Waals surface area contributed by atoms with Crippen LogP contribution in [0.2, 0.25) is 6.04 Å². The van der Waals surface area contributed by atoms with E-state index in [-0.39, 0.29) is 5.91 Å². The van der Waals surface area contributed by atoms with Crippen LogP contribution in [0.4, 0.5) is 11.4 Å². The van der Waals surface area contributed by atoms with Gasteiger partial charge in [-0.05, 0) is 31.0 Å². The molecule has 2 radical (unpaired) electrons. The quantitative estimate of drug-likeness (QED) is 0.327. The van der Waals surface area contributed by atoms with Gasteiger partial charge in [0.25, 0.3) is 0 Å². The second-order valence-electron chi connectivity index (χ2n) is 4.11. The van der Waals surface area contributed by atoms with E-state index >= 15 is 0 Å². The van der Waals surface area contributed by atoms with Crippen LogP contribution in [-0.2, 0) is 9.47 Å². The Hall–Kier alpha value is -1.04. The molecule has 1 aromatic carbocycles. The third-order valence-corrected chi connectivity index (χ3v) is 4.12. The van der Waals surface area contributed by atoms with Gasteiger partial charge in [0, 0.05) is 32.1 Å². The number of benzene rings is 1. The van der Waals surface area contributed by atoms with E-state index in [1.54, 1.807) is 14.2 Å². The van der Waals surface area contributed by atoms with Crippen molar-refractivity contribution in [2.75, 3.05) is 31.8 Å². The third kappa shape index (κ3) is 5.08. The maximum Gasteiger partial charge on any atom is 0.136 e. The van der Waals surface area contributed by atoms with Crippen molar-refractivity contribution in [1.82, 2.24) is 0 Å². The van der Waals surface area contributed by atoms with Crippen LogP contribution in [0, 0.1) is 6.92 Å². The number of rotatable bonds is 8. The Labute approximate surface area is 112 Å². The second kappa shape index (κ2) is 8.13. The predicted molar refractivity (Wildman–Crippen MR) is 77.1 cm³/mol. The first-order valence-electron chi connectivity index (χ1n) is 6.06. The Bertz CT molecular complexity index is 357. The Balaban J connectivity index is 2.23. The van der Waals surface area contributed by atoms with Gasteiger partial charge in [-0.2, -0.15) is 0 Å². The largest absolute Gasteiger partial charge is 0.399 e. The summed E-state index contributed by atoms with van der Waals surface area (Å²) in [5, 5.41) is 3.41. The molecule has 1 rings (SSSR count). The number of hydrogen-bond donors (Lipinski definition) is 2. The number of nitrogens with two attached hydrogens (primary N) is 1. The molecule has 18 heavy (non-hydrogen) atoms. The number of nitrogen functional groups attached to an aromatic ring is 1. The van der Waals surface area contributed by atoms with Gasteiger partial charge in [0.1, 0.15) is 15.4 Å². The molecule has 0 bridgehead atoms. The van der Waals surface area contributed by atoms with E-state index in [9.17, 15) is 0 Å². The molecule has 4 nitrogen and oxygen atoms in total. The van der Waals surface area contributed by atoms with E-state index in [1.165, 1.54) is 5.56 Å². The molecule has 1 aromatic rings. The Kier molecular flexibility index (Phi) is 6.78. The van der Waals surface area contributed by atoms with E-state index in [1.807, 2.05) is 18.2 Å².